The molecule has 7 heteroatoms. The molecule has 6 nitrogen and oxygen atoms in total. The number of nitrogens with zero attached hydrogens (tertiary/aromatic N) is 2. The van der Waals surface area contributed by atoms with Crippen LogP contribution in [0.5, 0.6) is 0 Å². The smallest absolute Gasteiger partial charge is 0.135 e. The lowest BCUT2D eigenvalue weighted by molar-refractivity contribution is -0.0245. The van der Waals surface area contributed by atoms with Crippen LogP contribution >= 0.6 is 11.6 Å². The van der Waals surface area contributed by atoms with Crippen LogP contribution in [-0.2, 0) is 15.1 Å². The number of methoxy groups -OCH3 is 1. The summed E-state index contributed by atoms with van der Waals surface area (Å²) in [5, 5.41) is 3.57. The Morgan fingerprint density at radius 2 is 2.22 bits per heavy atom. The maximum atomic E-state index is 5.93. The van der Waals surface area contributed by atoms with Crippen LogP contribution in [0.1, 0.15) is 17.7 Å². The van der Waals surface area contributed by atoms with E-state index in [1.165, 1.54) is 6.20 Å². The molecule has 1 saturated heterocycles. The van der Waals surface area contributed by atoms with E-state index in [2.05, 4.69) is 15.3 Å². The molecule has 3 N–H and O–H groups in total. The van der Waals surface area contributed by atoms with Crippen LogP contribution in [0, 0.1) is 6.92 Å². The molecule has 0 saturated carbocycles. The third-order valence-electron chi connectivity index (χ3n) is 3.98. The van der Waals surface area contributed by atoms with Crippen molar-refractivity contribution in [1.82, 2.24) is 9.97 Å². The minimum Gasteiger partial charge on any atom is -0.396 e. The van der Waals surface area contributed by atoms with Crippen molar-refractivity contribution in [1.29, 1.82) is 0 Å². The minimum atomic E-state index is -0.496. The molecule has 1 aliphatic heterocycles. The molecule has 1 unspecified atom stereocenters. The van der Waals surface area contributed by atoms with Gasteiger partial charge in [0.05, 0.1) is 29.9 Å². The molecule has 0 aromatic carbocycles. The topological polar surface area (TPSA) is 82.3 Å². The van der Waals surface area contributed by atoms with Gasteiger partial charge in [0.25, 0.3) is 0 Å². The minimum absolute atomic E-state index is 0.368. The third kappa shape index (κ3) is 3.24. The summed E-state index contributed by atoms with van der Waals surface area (Å²) in [5.74, 6) is 0.678. The molecule has 0 aliphatic carbocycles. The van der Waals surface area contributed by atoms with Crippen LogP contribution in [0.4, 0.5) is 17.2 Å². The maximum absolute atomic E-state index is 5.93. The molecule has 2 aromatic heterocycles. The summed E-state index contributed by atoms with van der Waals surface area (Å²) in [4.78, 5) is 8.64. The van der Waals surface area contributed by atoms with E-state index in [0.717, 1.165) is 17.7 Å². The number of hydrogen-bond donors (Lipinski definition) is 2. The van der Waals surface area contributed by atoms with Gasteiger partial charge in [-0.2, -0.15) is 0 Å². The number of hydrogen-bond acceptors (Lipinski definition) is 6. The first-order valence-electron chi connectivity index (χ1n) is 7.32. The Morgan fingerprint density at radius 1 is 1.39 bits per heavy atom. The number of halogens is 1. The molecule has 0 radical (unpaired) electrons. The number of nitrogen functional groups attached to an aromatic ring is 1. The molecule has 1 fully saturated rings. The maximum Gasteiger partial charge on any atom is 0.135 e. The first kappa shape index (κ1) is 16.0. The number of pyridine rings is 2. The Bertz CT molecular complexity index is 717. The second-order valence-corrected chi connectivity index (χ2v) is 6.02. The van der Waals surface area contributed by atoms with E-state index in [1.807, 2.05) is 19.1 Å². The lowest BCUT2D eigenvalue weighted by atomic mass is 9.97. The molecule has 122 valence electrons. The highest BCUT2D eigenvalue weighted by Gasteiger charge is 2.38. The van der Waals surface area contributed by atoms with Crippen molar-refractivity contribution in [2.75, 3.05) is 31.4 Å². The summed E-state index contributed by atoms with van der Waals surface area (Å²) < 4.78 is 11.2. The summed E-state index contributed by atoms with van der Waals surface area (Å²) in [6, 6.07) is 5.63. The molecule has 3 heterocycles. The van der Waals surface area contributed by atoms with E-state index in [9.17, 15) is 0 Å². The fourth-order valence-electron chi connectivity index (χ4n) is 2.67. The van der Waals surface area contributed by atoms with Gasteiger partial charge >= 0.3 is 0 Å². The van der Waals surface area contributed by atoms with Gasteiger partial charge in [0, 0.05) is 26.2 Å². The predicted molar refractivity (Wildman–Crippen MR) is 90.0 cm³/mol. The van der Waals surface area contributed by atoms with Crippen LogP contribution < -0.4 is 11.1 Å². The van der Waals surface area contributed by atoms with Crippen molar-refractivity contribution in [2.24, 2.45) is 0 Å². The SMILES string of the molecule is COC1(c2cc(C)cc(Nc3cc(Cl)ncc3N)n2)CCOC1. The average Bonchev–Trinajstić information content (AvgIpc) is 3.01. The Hall–Kier alpha value is -1.89. The van der Waals surface area contributed by atoms with Crippen molar-refractivity contribution in [3.63, 3.8) is 0 Å². The fourth-order valence-corrected chi connectivity index (χ4v) is 2.82. The zero-order chi connectivity index (χ0) is 16.4. The Labute approximate surface area is 140 Å². The third-order valence-corrected chi connectivity index (χ3v) is 4.18. The molecule has 3 rings (SSSR count). The van der Waals surface area contributed by atoms with E-state index in [0.29, 0.717) is 35.6 Å². The van der Waals surface area contributed by atoms with Gasteiger partial charge in [0.1, 0.15) is 16.6 Å². The average molecular weight is 335 g/mol. The molecule has 0 spiro atoms. The van der Waals surface area contributed by atoms with Gasteiger partial charge in [-0.25, -0.2) is 9.97 Å². The first-order chi connectivity index (χ1) is 11.0. The highest BCUT2D eigenvalue weighted by atomic mass is 35.5. The van der Waals surface area contributed by atoms with E-state index >= 15 is 0 Å². The number of nitrogens with two attached hydrogens (primary N) is 1. The van der Waals surface area contributed by atoms with Gasteiger partial charge in [-0.15, -0.1) is 0 Å². The fraction of sp³-hybridized carbons (Fsp3) is 0.375. The molecule has 1 atom stereocenters. The molecule has 1 aliphatic rings. The van der Waals surface area contributed by atoms with E-state index in [1.54, 1.807) is 13.2 Å². The van der Waals surface area contributed by atoms with Crippen molar-refractivity contribution < 1.29 is 9.47 Å². The quantitative estimate of drug-likeness (QED) is 0.836. The Balaban J connectivity index is 1.96. The highest BCUT2D eigenvalue weighted by Crippen LogP contribution is 2.34. The molecule has 23 heavy (non-hydrogen) atoms. The zero-order valence-electron chi connectivity index (χ0n) is 13.1. The number of ether oxygens (including phenoxy) is 2. The standard InChI is InChI=1S/C16H19ClN4O2/c1-10-5-13(16(22-2)3-4-23-9-16)21-15(6-10)20-12-7-14(17)19-8-11(12)18/h5-8H,3-4,9,18H2,1-2H3,(H,19,20,21). The summed E-state index contributed by atoms with van der Waals surface area (Å²) in [6.45, 7) is 3.18. The van der Waals surface area contributed by atoms with Gasteiger partial charge in [-0.3, -0.25) is 0 Å². The molecule has 0 bridgehead atoms. The lowest BCUT2D eigenvalue weighted by Crippen LogP contribution is -2.30. The summed E-state index contributed by atoms with van der Waals surface area (Å²) in [5.41, 5.74) is 8.52. The Kier molecular flexibility index (Phi) is 4.39. The van der Waals surface area contributed by atoms with Crippen LogP contribution in [0.3, 0.4) is 0 Å². The van der Waals surface area contributed by atoms with Crippen molar-refractivity contribution in [3.8, 4) is 0 Å². The lowest BCUT2D eigenvalue weighted by Gasteiger charge is -2.26. The summed E-state index contributed by atoms with van der Waals surface area (Å²) in [6.07, 6.45) is 2.30. The number of rotatable bonds is 4. The molecular weight excluding hydrogens is 316 g/mol. The van der Waals surface area contributed by atoms with Gasteiger partial charge in [-0.1, -0.05) is 11.6 Å². The summed E-state index contributed by atoms with van der Waals surface area (Å²) >= 11 is 5.93. The Morgan fingerprint density at radius 3 is 2.91 bits per heavy atom. The monoisotopic (exact) mass is 334 g/mol. The number of anilines is 3. The molecular formula is C16H19ClN4O2. The van der Waals surface area contributed by atoms with E-state index in [4.69, 9.17) is 26.8 Å². The highest BCUT2D eigenvalue weighted by molar-refractivity contribution is 6.29. The second-order valence-electron chi connectivity index (χ2n) is 5.64. The van der Waals surface area contributed by atoms with Crippen molar-refractivity contribution in [3.05, 3.63) is 40.8 Å². The number of aryl methyl sites for hydroxylation is 1. The zero-order valence-corrected chi connectivity index (χ0v) is 13.9. The van der Waals surface area contributed by atoms with Crippen LogP contribution in [-0.4, -0.2) is 30.3 Å². The first-order valence-corrected chi connectivity index (χ1v) is 7.70. The molecule has 2 aromatic rings. The number of aromatic nitrogens is 2. The van der Waals surface area contributed by atoms with Gasteiger partial charge in [0.15, 0.2) is 0 Å². The van der Waals surface area contributed by atoms with Gasteiger partial charge in [0.2, 0.25) is 0 Å². The second kappa shape index (κ2) is 6.31. The predicted octanol–water partition coefficient (Wildman–Crippen LogP) is 3.03. The van der Waals surface area contributed by atoms with Crippen molar-refractivity contribution >= 4 is 28.8 Å². The van der Waals surface area contributed by atoms with Gasteiger partial charge in [-0.05, 0) is 24.6 Å². The van der Waals surface area contributed by atoms with E-state index < -0.39 is 5.60 Å². The molecule has 0 amide bonds. The van der Waals surface area contributed by atoms with Crippen molar-refractivity contribution in [2.45, 2.75) is 18.9 Å². The largest absolute Gasteiger partial charge is 0.396 e. The summed E-state index contributed by atoms with van der Waals surface area (Å²) in [7, 11) is 1.69. The van der Waals surface area contributed by atoms with Crippen LogP contribution in [0.2, 0.25) is 5.15 Å². The van der Waals surface area contributed by atoms with Gasteiger partial charge < -0.3 is 20.5 Å². The number of nitrogens with one attached hydrogen (secondary N) is 1. The van der Waals surface area contributed by atoms with Crippen LogP contribution in [0.15, 0.2) is 24.4 Å². The van der Waals surface area contributed by atoms with E-state index in [-0.39, 0.29) is 0 Å². The normalized spacial score (nSPS) is 20.7. The van der Waals surface area contributed by atoms with Crippen LogP contribution in [0.25, 0.3) is 0 Å².